The highest BCUT2D eigenvalue weighted by molar-refractivity contribution is 7.42. The molecule has 0 saturated heterocycles. The van der Waals surface area contributed by atoms with Crippen LogP contribution in [0.1, 0.15) is 223 Å². The molecule has 4 aromatic rings. The summed E-state index contributed by atoms with van der Waals surface area (Å²) >= 11 is 0. The van der Waals surface area contributed by atoms with E-state index in [0.717, 1.165) is 62.9 Å². The molecule has 5 rings (SSSR count). The molecule has 0 aromatic heterocycles. The van der Waals surface area contributed by atoms with Gasteiger partial charge in [0.25, 0.3) is 0 Å². The van der Waals surface area contributed by atoms with Crippen LogP contribution < -0.4 is 9.05 Å². The number of benzene rings is 4. The second kappa shape index (κ2) is 19.5. The average molecular weight is 753 g/mol. The minimum Gasteiger partial charge on any atom is -0.417 e. The van der Waals surface area contributed by atoms with Crippen LogP contribution in [0.4, 0.5) is 0 Å². The number of hydrogen-bond donors (Lipinski definition) is 0. The summed E-state index contributed by atoms with van der Waals surface area (Å²) in [5.41, 5.74) is 8.23. The molecule has 54 heavy (non-hydrogen) atoms. The van der Waals surface area contributed by atoms with Gasteiger partial charge in [0.1, 0.15) is 11.5 Å². The van der Waals surface area contributed by atoms with Crippen molar-refractivity contribution < 1.29 is 13.6 Å². The predicted octanol–water partition coefficient (Wildman–Crippen LogP) is 17.1. The third-order valence-corrected chi connectivity index (χ3v) is 14.5. The summed E-state index contributed by atoms with van der Waals surface area (Å²) in [6.45, 7) is 27.9. The van der Waals surface area contributed by atoms with Gasteiger partial charge in [-0.2, -0.15) is 0 Å². The zero-order chi connectivity index (χ0) is 39.1. The fourth-order valence-electron chi connectivity index (χ4n) is 8.10. The first-order valence-electron chi connectivity index (χ1n) is 22.0. The van der Waals surface area contributed by atoms with Crippen LogP contribution in [0.2, 0.25) is 0 Å². The van der Waals surface area contributed by atoms with Gasteiger partial charge in [-0.3, -0.25) is 4.52 Å². The van der Waals surface area contributed by atoms with E-state index in [2.05, 4.69) is 132 Å². The SMILES string of the molecule is CCC(C)c1cc(C(C)CC)c2cc(OP(Oc3cc4c(C(C)CC)cc(C(C)CC)cc4cc3C(C)CC)OC3CCCCC3)c(C(C)CC)cc2c1. The quantitative estimate of drug-likeness (QED) is 0.0947. The maximum Gasteiger partial charge on any atom is 0.463 e. The van der Waals surface area contributed by atoms with Crippen molar-refractivity contribution in [3.63, 3.8) is 0 Å². The number of rotatable bonds is 18. The molecule has 0 radical (unpaired) electrons. The molecule has 1 aliphatic rings. The molecule has 1 saturated carbocycles. The van der Waals surface area contributed by atoms with E-state index in [-0.39, 0.29) is 6.10 Å². The van der Waals surface area contributed by atoms with Gasteiger partial charge in [-0.25, -0.2) is 0 Å². The van der Waals surface area contributed by atoms with E-state index in [9.17, 15) is 0 Å². The summed E-state index contributed by atoms with van der Waals surface area (Å²) in [5, 5.41) is 5.25. The van der Waals surface area contributed by atoms with Gasteiger partial charge in [-0.15, -0.1) is 0 Å². The van der Waals surface area contributed by atoms with Crippen LogP contribution in [0, 0.1) is 0 Å². The highest BCUT2D eigenvalue weighted by Crippen LogP contribution is 2.51. The van der Waals surface area contributed by atoms with E-state index in [0.29, 0.717) is 35.5 Å². The van der Waals surface area contributed by atoms with Gasteiger partial charge in [0.2, 0.25) is 0 Å². The number of fused-ring (bicyclic) bond motifs is 2. The molecule has 4 aromatic carbocycles. The van der Waals surface area contributed by atoms with Crippen molar-refractivity contribution in [1.29, 1.82) is 0 Å². The van der Waals surface area contributed by atoms with E-state index in [1.807, 2.05) is 0 Å². The highest BCUT2D eigenvalue weighted by Gasteiger charge is 2.29. The first-order chi connectivity index (χ1) is 26.0. The summed E-state index contributed by atoms with van der Waals surface area (Å²) in [6, 6.07) is 19.4. The molecule has 0 spiro atoms. The van der Waals surface area contributed by atoms with Crippen LogP contribution >= 0.6 is 8.60 Å². The molecule has 4 heteroatoms. The van der Waals surface area contributed by atoms with E-state index in [4.69, 9.17) is 13.6 Å². The Bertz CT molecular complexity index is 1700. The minimum atomic E-state index is -1.73. The second-order valence-electron chi connectivity index (χ2n) is 17.1. The monoisotopic (exact) mass is 753 g/mol. The van der Waals surface area contributed by atoms with Gasteiger partial charge in [0.15, 0.2) is 0 Å². The molecule has 6 unspecified atom stereocenters. The Morgan fingerprint density at radius 2 is 0.833 bits per heavy atom. The lowest BCUT2D eigenvalue weighted by atomic mass is 9.85. The predicted molar refractivity (Wildman–Crippen MR) is 236 cm³/mol. The van der Waals surface area contributed by atoms with Gasteiger partial charge in [-0.05, 0) is 166 Å². The summed E-state index contributed by atoms with van der Waals surface area (Å²) in [5.74, 6) is 4.46. The highest BCUT2D eigenvalue weighted by atomic mass is 31.2. The molecule has 0 bridgehead atoms. The average Bonchev–Trinajstić information content (AvgIpc) is 3.20. The van der Waals surface area contributed by atoms with E-state index in [1.54, 1.807) is 0 Å². The van der Waals surface area contributed by atoms with Gasteiger partial charge in [-0.1, -0.05) is 127 Å². The molecule has 0 amide bonds. The zero-order valence-corrected chi connectivity index (χ0v) is 37.0. The Balaban J connectivity index is 1.68. The zero-order valence-electron chi connectivity index (χ0n) is 36.1. The summed E-state index contributed by atoms with van der Waals surface area (Å²) in [6.07, 6.45) is 12.5. The summed E-state index contributed by atoms with van der Waals surface area (Å²) < 4.78 is 21.4. The van der Waals surface area contributed by atoms with Gasteiger partial charge in [0.05, 0.1) is 6.10 Å². The summed E-state index contributed by atoms with van der Waals surface area (Å²) in [4.78, 5) is 0. The van der Waals surface area contributed by atoms with E-state index in [1.165, 1.54) is 74.2 Å². The van der Waals surface area contributed by atoms with Gasteiger partial charge in [0, 0.05) is 0 Å². The summed E-state index contributed by atoms with van der Waals surface area (Å²) in [7, 11) is -1.73. The van der Waals surface area contributed by atoms with Crippen LogP contribution in [0.5, 0.6) is 11.5 Å². The maximum absolute atomic E-state index is 7.22. The molecular weight excluding hydrogens is 680 g/mol. The molecule has 3 nitrogen and oxygen atoms in total. The van der Waals surface area contributed by atoms with Crippen molar-refractivity contribution in [3.8, 4) is 11.5 Å². The lowest BCUT2D eigenvalue weighted by Gasteiger charge is -2.29. The van der Waals surface area contributed by atoms with Crippen molar-refractivity contribution in [3.05, 3.63) is 81.9 Å². The molecule has 0 aliphatic heterocycles. The van der Waals surface area contributed by atoms with Crippen LogP contribution in [0.15, 0.2) is 48.5 Å². The molecule has 1 fully saturated rings. The maximum atomic E-state index is 7.22. The smallest absolute Gasteiger partial charge is 0.417 e. The van der Waals surface area contributed by atoms with Crippen molar-refractivity contribution in [2.75, 3.05) is 0 Å². The standard InChI is InChI=1S/C50H73O3P/c1-13-32(7)38-24-40-28-45(36(11)17-5)49(30-47(40)43(26-38)34(9)15-3)52-54(51-42-22-20-19-21-23-42)53-50-31-48-41(29-46(50)37(12)18-6)25-39(33(8)14-2)27-44(48)35(10)16-4/h24-37,42H,13-23H2,1-12H3. The Kier molecular flexibility index (Phi) is 15.4. The fourth-order valence-corrected chi connectivity index (χ4v) is 9.32. The third kappa shape index (κ3) is 9.66. The molecule has 1 aliphatic carbocycles. The van der Waals surface area contributed by atoms with Crippen LogP contribution in [0.25, 0.3) is 21.5 Å². The van der Waals surface area contributed by atoms with Crippen molar-refractivity contribution in [2.24, 2.45) is 0 Å². The third-order valence-electron chi connectivity index (χ3n) is 13.3. The first-order valence-corrected chi connectivity index (χ1v) is 23.1. The van der Waals surface area contributed by atoms with Gasteiger partial charge >= 0.3 is 8.60 Å². The first kappa shape index (κ1) is 42.5. The Labute approximate surface area is 331 Å². The Morgan fingerprint density at radius 3 is 1.20 bits per heavy atom. The normalized spacial score (nSPS) is 17.9. The largest absolute Gasteiger partial charge is 0.463 e. The minimum absolute atomic E-state index is 0.146. The van der Waals surface area contributed by atoms with Gasteiger partial charge < -0.3 is 9.05 Å². The van der Waals surface area contributed by atoms with Crippen LogP contribution in [0.3, 0.4) is 0 Å². The molecule has 0 heterocycles. The topological polar surface area (TPSA) is 27.7 Å². The second-order valence-corrected chi connectivity index (χ2v) is 18.1. The number of hydrogen-bond acceptors (Lipinski definition) is 3. The lowest BCUT2D eigenvalue weighted by Crippen LogP contribution is -2.17. The lowest BCUT2D eigenvalue weighted by molar-refractivity contribution is 0.138. The van der Waals surface area contributed by atoms with Crippen molar-refractivity contribution in [1.82, 2.24) is 0 Å². The van der Waals surface area contributed by atoms with Crippen LogP contribution in [-0.4, -0.2) is 6.10 Å². The van der Waals surface area contributed by atoms with E-state index < -0.39 is 8.60 Å². The van der Waals surface area contributed by atoms with Crippen molar-refractivity contribution in [2.45, 2.75) is 195 Å². The van der Waals surface area contributed by atoms with Crippen molar-refractivity contribution >= 4 is 30.1 Å². The molecular formula is C50H73O3P. The Hall–Kier alpha value is -2.61. The Morgan fingerprint density at radius 1 is 0.463 bits per heavy atom. The van der Waals surface area contributed by atoms with E-state index >= 15 is 0 Å². The molecule has 6 atom stereocenters. The fraction of sp³-hybridized carbons (Fsp3) is 0.600. The molecule has 0 N–H and O–H groups in total. The molecule has 296 valence electrons. The van der Waals surface area contributed by atoms with Crippen LogP contribution in [-0.2, 0) is 4.52 Å².